The van der Waals surface area contributed by atoms with E-state index in [1.54, 1.807) is 0 Å². The summed E-state index contributed by atoms with van der Waals surface area (Å²) < 4.78 is 0. The number of aryl methyl sites for hydroxylation is 1. The van der Waals surface area contributed by atoms with Gasteiger partial charge in [0.25, 0.3) is 0 Å². The average molecular weight is 269 g/mol. The normalized spacial score (nSPS) is 8.24. The minimum atomic E-state index is 0. The Morgan fingerprint density at radius 2 is 1.94 bits per heavy atom. The second-order valence-electron chi connectivity index (χ2n) is 3.31. The van der Waals surface area contributed by atoms with Crippen LogP contribution < -0.4 is 0 Å². The first-order valence-corrected chi connectivity index (χ1v) is 5.31. The van der Waals surface area contributed by atoms with Gasteiger partial charge in [0, 0.05) is 11.5 Å². The third-order valence-corrected chi connectivity index (χ3v) is 2.07. The summed E-state index contributed by atoms with van der Waals surface area (Å²) in [5.74, 6) is 0. The number of rotatable bonds is 4. The van der Waals surface area contributed by atoms with E-state index in [1.807, 2.05) is 42.5 Å². The molecule has 0 saturated carbocycles. The van der Waals surface area contributed by atoms with E-state index in [2.05, 4.69) is 22.2 Å². The molecule has 2 aromatic carbocycles. The van der Waals surface area contributed by atoms with Gasteiger partial charge in [0.15, 0.2) is 0 Å². The summed E-state index contributed by atoms with van der Waals surface area (Å²) in [5, 5.41) is 3.45. The van der Waals surface area contributed by atoms with Gasteiger partial charge >= 0.3 is 17.1 Å². The molecule has 0 aliphatic carbocycles. The molecule has 0 saturated heterocycles. The number of hydrogen-bond acceptors (Lipinski definition) is 1. The van der Waals surface area contributed by atoms with Crippen molar-refractivity contribution in [1.82, 2.24) is 0 Å². The van der Waals surface area contributed by atoms with Crippen molar-refractivity contribution in [3.8, 4) is 0 Å². The van der Waals surface area contributed by atoms with E-state index >= 15 is 0 Å². The van der Waals surface area contributed by atoms with E-state index in [0.29, 0.717) is 6.54 Å². The summed E-state index contributed by atoms with van der Waals surface area (Å²) in [6.07, 6.45) is 1.94. The van der Waals surface area contributed by atoms with Gasteiger partial charge in [0.05, 0.1) is 0 Å². The average Bonchev–Trinajstić information content (AvgIpc) is 2.99. The van der Waals surface area contributed by atoms with Gasteiger partial charge < -0.3 is 0 Å². The SMILES string of the molecule is [Fe+2].[N-]=[N+]=NCCCc1cc[cH-]c1.c1cc[cH-]c1. The predicted octanol–water partition coefficient (Wildman–Crippen LogP) is 4.05. The standard InChI is InChI=1S/C8H10N3.C5H5.Fe/c9-11-10-7-3-6-8-4-1-2-5-8;1-2-4-5-3-1;/h1-2,4-5H,3,6-7H2;1-5H;/q2*-1;+2. The van der Waals surface area contributed by atoms with Crippen LogP contribution in [0.5, 0.6) is 0 Å². The van der Waals surface area contributed by atoms with E-state index in [0.717, 1.165) is 12.8 Å². The van der Waals surface area contributed by atoms with Gasteiger partial charge in [0.1, 0.15) is 0 Å². The Balaban J connectivity index is 0.000000360. The summed E-state index contributed by atoms with van der Waals surface area (Å²) in [6.45, 7) is 0.599. The van der Waals surface area contributed by atoms with Gasteiger partial charge in [-0.15, -0.1) is 0 Å². The van der Waals surface area contributed by atoms with Gasteiger partial charge in [-0.2, -0.15) is 42.0 Å². The van der Waals surface area contributed by atoms with Gasteiger partial charge in [-0.05, 0) is 5.53 Å². The summed E-state index contributed by atoms with van der Waals surface area (Å²) >= 11 is 0. The molecule has 2 rings (SSSR count). The van der Waals surface area contributed by atoms with E-state index in [1.165, 1.54) is 5.56 Å². The minimum absolute atomic E-state index is 0. The topological polar surface area (TPSA) is 48.8 Å². The number of azide groups is 1. The molecule has 17 heavy (non-hydrogen) atoms. The minimum Gasteiger partial charge on any atom is -0.214 e. The molecule has 0 aromatic heterocycles. The zero-order chi connectivity index (χ0) is 11.5. The second-order valence-corrected chi connectivity index (χ2v) is 3.31. The van der Waals surface area contributed by atoms with Crippen LogP contribution in [0.1, 0.15) is 12.0 Å². The Morgan fingerprint density at radius 3 is 2.41 bits per heavy atom. The Kier molecular flexibility index (Phi) is 10.1. The van der Waals surface area contributed by atoms with Crippen molar-refractivity contribution in [2.45, 2.75) is 12.8 Å². The van der Waals surface area contributed by atoms with Crippen molar-refractivity contribution in [2.24, 2.45) is 5.11 Å². The van der Waals surface area contributed by atoms with Crippen molar-refractivity contribution in [3.63, 3.8) is 0 Å². The van der Waals surface area contributed by atoms with Crippen LogP contribution in [0.25, 0.3) is 10.4 Å². The number of hydrogen-bond donors (Lipinski definition) is 0. The van der Waals surface area contributed by atoms with Gasteiger partial charge in [-0.3, -0.25) is 0 Å². The quantitative estimate of drug-likeness (QED) is 0.201. The molecule has 0 aliphatic heterocycles. The summed E-state index contributed by atoms with van der Waals surface area (Å²) in [4.78, 5) is 2.68. The maximum atomic E-state index is 7.98. The summed E-state index contributed by atoms with van der Waals surface area (Å²) in [7, 11) is 0. The molecule has 3 nitrogen and oxygen atoms in total. The molecule has 4 heteroatoms. The molecular weight excluding hydrogens is 254 g/mol. The molecule has 0 atom stereocenters. The molecule has 0 unspecified atom stereocenters. The van der Waals surface area contributed by atoms with E-state index in [4.69, 9.17) is 5.53 Å². The maximum Gasteiger partial charge on any atom is 2.00 e. The fourth-order valence-corrected chi connectivity index (χ4v) is 1.30. The second kappa shape index (κ2) is 11.0. The molecule has 0 heterocycles. The summed E-state index contributed by atoms with van der Waals surface area (Å²) in [5.41, 5.74) is 9.30. The number of nitrogens with zero attached hydrogens (tertiary/aromatic N) is 3. The van der Waals surface area contributed by atoms with Crippen molar-refractivity contribution >= 4 is 0 Å². The van der Waals surface area contributed by atoms with Crippen LogP contribution in [-0.2, 0) is 23.5 Å². The molecule has 90 valence electrons. The van der Waals surface area contributed by atoms with Crippen LogP contribution in [0, 0.1) is 0 Å². The largest absolute Gasteiger partial charge is 2.00 e. The summed E-state index contributed by atoms with van der Waals surface area (Å²) in [6, 6.07) is 18.2. The molecule has 0 bridgehead atoms. The van der Waals surface area contributed by atoms with Gasteiger partial charge in [-0.25, -0.2) is 18.2 Å². The van der Waals surface area contributed by atoms with Crippen LogP contribution >= 0.6 is 0 Å². The first-order valence-electron chi connectivity index (χ1n) is 5.31. The van der Waals surface area contributed by atoms with Crippen LogP contribution in [-0.4, -0.2) is 6.54 Å². The van der Waals surface area contributed by atoms with Crippen molar-refractivity contribution < 1.29 is 17.1 Å². The Hall–Kier alpha value is -1.47. The smallest absolute Gasteiger partial charge is 0.214 e. The van der Waals surface area contributed by atoms with Gasteiger partial charge in [0.2, 0.25) is 0 Å². The van der Waals surface area contributed by atoms with E-state index < -0.39 is 0 Å². The Labute approximate surface area is 112 Å². The zero-order valence-electron chi connectivity index (χ0n) is 9.51. The maximum absolute atomic E-state index is 7.98. The molecule has 0 N–H and O–H groups in total. The van der Waals surface area contributed by atoms with Crippen molar-refractivity contribution in [1.29, 1.82) is 0 Å². The van der Waals surface area contributed by atoms with Crippen molar-refractivity contribution in [3.05, 3.63) is 70.6 Å². The van der Waals surface area contributed by atoms with Crippen LogP contribution in [0.15, 0.2) is 59.7 Å². The van der Waals surface area contributed by atoms with E-state index in [-0.39, 0.29) is 17.1 Å². The van der Waals surface area contributed by atoms with Gasteiger partial charge in [-0.1, -0.05) is 18.0 Å². The fraction of sp³-hybridized carbons (Fsp3) is 0.231. The zero-order valence-corrected chi connectivity index (χ0v) is 10.6. The van der Waals surface area contributed by atoms with Crippen LogP contribution in [0.2, 0.25) is 0 Å². The first kappa shape index (κ1) is 15.5. The molecule has 2 aromatic rings. The van der Waals surface area contributed by atoms with Crippen molar-refractivity contribution in [2.75, 3.05) is 6.54 Å². The molecule has 0 fully saturated rings. The molecule has 0 spiro atoms. The predicted molar refractivity (Wildman–Crippen MR) is 66.4 cm³/mol. The third kappa shape index (κ3) is 8.35. The monoisotopic (exact) mass is 269 g/mol. The molecular formula is C13H15FeN3. The molecule has 0 aliphatic rings. The Morgan fingerprint density at radius 1 is 1.18 bits per heavy atom. The van der Waals surface area contributed by atoms with Crippen LogP contribution in [0.4, 0.5) is 0 Å². The third-order valence-electron chi connectivity index (χ3n) is 2.07. The molecule has 0 radical (unpaired) electrons. The fourth-order valence-electron chi connectivity index (χ4n) is 1.30. The first-order chi connectivity index (χ1) is 7.93. The molecule has 0 amide bonds. The Bertz CT molecular complexity index is 369. The van der Waals surface area contributed by atoms with E-state index in [9.17, 15) is 0 Å². The van der Waals surface area contributed by atoms with Crippen LogP contribution in [0.3, 0.4) is 0 Å².